The zero-order chi connectivity index (χ0) is 13.7. The molecular weight excluding hydrogens is 242 g/mol. The summed E-state index contributed by atoms with van der Waals surface area (Å²) in [6.45, 7) is 0. The predicted octanol–water partition coefficient (Wildman–Crippen LogP) is 1.80. The first-order valence-electron chi connectivity index (χ1n) is 5.93. The second kappa shape index (κ2) is 6.15. The van der Waals surface area contributed by atoms with Crippen LogP contribution in [0.3, 0.4) is 0 Å². The number of hydrogen-bond donors (Lipinski definition) is 1. The van der Waals surface area contributed by atoms with Crippen LogP contribution in [0.4, 0.5) is 0 Å². The van der Waals surface area contributed by atoms with E-state index < -0.39 is 0 Å². The molecule has 1 aromatic carbocycles. The average molecular weight is 259 g/mol. The Bertz CT molecular complexity index is 509. The third-order valence-electron chi connectivity index (χ3n) is 2.91. The standard InChI is InChI=1S/C14H17N3O2/c1-15-14(11-7-16-9-17-8-11)10-4-12(18-2)6-13(5-10)19-3/h4-9,14-15H,1-3H3. The van der Waals surface area contributed by atoms with Crippen molar-refractivity contribution >= 4 is 0 Å². The van der Waals surface area contributed by atoms with Crippen LogP contribution in [0.15, 0.2) is 36.9 Å². The van der Waals surface area contributed by atoms with Gasteiger partial charge in [-0.2, -0.15) is 0 Å². The molecule has 1 atom stereocenters. The summed E-state index contributed by atoms with van der Waals surface area (Å²) in [4.78, 5) is 8.10. The van der Waals surface area contributed by atoms with Crippen LogP contribution >= 0.6 is 0 Å². The highest BCUT2D eigenvalue weighted by Crippen LogP contribution is 2.29. The van der Waals surface area contributed by atoms with Crippen LogP contribution in [0, 0.1) is 0 Å². The Balaban J connectivity index is 2.43. The molecule has 0 saturated carbocycles. The molecule has 0 aliphatic carbocycles. The van der Waals surface area contributed by atoms with Gasteiger partial charge in [-0.1, -0.05) is 0 Å². The number of hydrogen-bond acceptors (Lipinski definition) is 5. The molecule has 0 bridgehead atoms. The maximum atomic E-state index is 5.29. The maximum Gasteiger partial charge on any atom is 0.122 e. The van der Waals surface area contributed by atoms with E-state index in [0.29, 0.717) is 0 Å². The van der Waals surface area contributed by atoms with Gasteiger partial charge in [-0.3, -0.25) is 0 Å². The topological polar surface area (TPSA) is 56.3 Å². The Morgan fingerprint density at radius 2 is 1.53 bits per heavy atom. The van der Waals surface area contributed by atoms with Gasteiger partial charge in [0.15, 0.2) is 0 Å². The van der Waals surface area contributed by atoms with Gasteiger partial charge in [-0.05, 0) is 24.7 Å². The third-order valence-corrected chi connectivity index (χ3v) is 2.91. The SMILES string of the molecule is CNC(c1cncnc1)c1cc(OC)cc(OC)c1. The van der Waals surface area contributed by atoms with Crippen molar-refractivity contribution in [2.45, 2.75) is 6.04 Å². The molecule has 0 saturated heterocycles. The molecule has 0 aliphatic rings. The maximum absolute atomic E-state index is 5.29. The summed E-state index contributed by atoms with van der Waals surface area (Å²) in [6, 6.07) is 5.77. The second-order valence-corrected chi connectivity index (χ2v) is 4.04. The number of nitrogens with zero attached hydrogens (tertiary/aromatic N) is 2. The number of rotatable bonds is 5. The minimum atomic E-state index is -0.00907. The fourth-order valence-corrected chi connectivity index (χ4v) is 1.98. The van der Waals surface area contributed by atoms with Crippen LogP contribution in [-0.2, 0) is 0 Å². The van der Waals surface area contributed by atoms with Crippen LogP contribution in [-0.4, -0.2) is 31.2 Å². The molecule has 2 aromatic rings. The van der Waals surface area contributed by atoms with Crippen LogP contribution in [0.2, 0.25) is 0 Å². The molecule has 1 N–H and O–H groups in total. The molecule has 1 heterocycles. The molecular formula is C14H17N3O2. The minimum Gasteiger partial charge on any atom is -0.497 e. The molecule has 0 amide bonds. The zero-order valence-electron chi connectivity index (χ0n) is 11.3. The number of nitrogens with one attached hydrogen (secondary N) is 1. The van der Waals surface area contributed by atoms with E-state index in [9.17, 15) is 0 Å². The number of benzene rings is 1. The Kier molecular flexibility index (Phi) is 4.30. The van der Waals surface area contributed by atoms with Crippen molar-refractivity contribution in [3.63, 3.8) is 0 Å². The summed E-state index contributed by atoms with van der Waals surface area (Å²) < 4.78 is 10.6. The Morgan fingerprint density at radius 1 is 0.947 bits per heavy atom. The van der Waals surface area contributed by atoms with Crippen molar-refractivity contribution in [3.8, 4) is 11.5 Å². The van der Waals surface area contributed by atoms with Crippen LogP contribution in [0.1, 0.15) is 17.2 Å². The lowest BCUT2D eigenvalue weighted by Crippen LogP contribution is -2.18. The van der Waals surface area contributed by atoms with E-state index in [1.807, 2.05) is 25.2 Å². The van der Waals surface area contributed by atoms with E-state index in [0.717, 1.165) is 22.6 Å². The van der Waals surface area contributed by atoms with Gasteiger partial charge in [0.25, 0.3) is 0 Å². The molecule has 0 spiro atoms. The summed E-state index contributed by atoms with van der Waals surface area (Å²) >= 11 is 0. The summed E-state index contributed by atoms with van der Waals surface area (Å²) in [5, 5.41) is 3.25. The van der Waals surface area contributed by atoms with E-state index in [-0.39, 0.29) is 6.04 Å². The highest BCUT2D eigenvalue weighted by molar-refractivity contribution is 5.42. The van der Waals surface area contributed by atoms with Crippen molar-refractivity contribution < 1.29 is 9.47 Å². The van der Waals surface area contributed by atoms with Crippen molar-refractivity contribution in [2.24, 2.45) is 0 Å². The van der Waals surface area contributed by atoms with Gasteiger partial charge in [0.05, 0.1) is 20.3 Å². The van der Waals surface area contributed by atoms with E-state index in [1.54, 1.807) is 26.6 Å². The minimum absolute atomic E-state index is 0.00907. The van der Waals surface area contributed by atoms with Crippen molar-refractivity contribution in [2.75, 3.05) is 21.3 Å². The van der Waals surface area contributed by atoms with Gasteiger partial charge in [-0.25, -0.2) is 9.97 Å². The molecule has 5 heteroatoms. The predicted molar refractivity (Wildman–Crippen MR) is 72.5 cm³/mol. The molecule has 0 radical (unpaired) electrons. The molecule has 5 nitrogen and oxygen atoms in total. The Morgan fingerprint density at radius 3 is 2.00 bits per heavy atom. The molecule has 19 heavy (non-hydrogen) atoms. The van der Waals surface area contributed by atoms with Crippen molar-refractivity contribution in [1.29, 1.82) is 0 Å². The van der Waals surface area contributed by atoms with Gasteiger partial charge in [0.1, 0.15) is 17.8 Å². The van der Waals surface area contributed by atoms with Crippen LogP contribution in [0.5, 0.6) is 11.5 Å². The monoisotopic (exact) mass is 259 g/mol. The molecule has 1 aromatic heterocycles. The highest BCUT2D eigenvalue weighted by Gasteiger charge is 2.14. The summed E-state index contributed by atoms with van der Waals surface area (Å²) in [6.07, 6.45) is 5.10. The molecule has 2 rings (SSSR count). The summed E-state index contributed by atoms with van der Waals surface area (Å²) in [5.74, 6) is 1.51. The van der Waals surface area contributed by atoms with E-state index in [1.165, 1.54) is 6.33 Å². The molecule has 0 fully saturated rings. The fraction of sp³-hybridized carbons (Fsp3) is 0.286. The number of methoxy groups -OCH3 is 2. The third kappa shape index (κ3) is 3.00. The normalized spacial score (nSPS) is 11.9. The first-order chi connectivity index (χ1) is 9.28. The fourth-order valence-electron chi connectivity index (χ4n) is 1.98. The molecule has 1 unspecified atom stereocenters. The van der Waals surface area contributed by atoms with Crippen LogP contribution < -0.4 is 14.8 Å². The van der Waals surface area contributed by atoms with Gasteiger partial charge >= 0.3 is 0 Å². The van der Waals surface area contributed by atoms with Gasteiger partial charge in [-0.15, -0.1) is 0 Å². The lowest BCUT2D eigenvalue weighted by atomic mass is 10.0. The highest BCUT2D eigenvalue weighted by atomic mass is 16.5. The Labute approximate surface area is 112 Å². The number of aromatic nitrogens is 2. The van der Waals surface area contributed by atoms with Gasteiger partial charge in [0.2, 0.25) is 0 Å². The van der Waals surface area contributed by atoms with E-state index >= 15 is 0 Å². The zero-order valence-corrected chi connectivity index (χ0v) is 11.3. The summed E-state index contributed by atoms with van der Waals surface area (Å²) in [7, 11) is 5.17. The molecule has 100 valence electrons. The number of ether oxygens (including phenoxy) is 2. The quantitative estimate of drug-likeness (QED) is 0.887. The molecule has 0 aliphatic heterocycles. The van der Waals surface area contributed by atoms with Crippen LogP contribution in [0.25, 0.3) is 0 Å². The van der Waals surface area contributed by atoms with Gasteiger partial charge in [0, 0.05) is 24.0 Å². The van der Waals surface area contributed by atoms with E-state index in [4.69, 9.17) is 9.47 Å². The lowest BCUT2D eigenvalue weighted by molar-refractivity contribution is 0.392. The smallest absolute Gasteiger partial charge is 0.122 e. The summed E-state index contributed by atoms with van der Waals surface area (Å²) in [5.41, 5.74) is 2.02. The second-order valence-electron chi connectivity index (χ2n) is 4.04. The lowest BCUT2D eigenvalue weighted by Gasteiger charge is -2.18. The van der Waals surface area contributed by atoms with Crippen molar-refractivity contribution in [1.82, 2.24) is 15.3 Å². The first-order valence-corrected chi connectivity index (χ1v) is 5.93. The van der Waals surface area contributed by atoms with Gasteiger partial charge < -0.3 is 14.8 Å². The average Bonchev–Trinajstić information content (AvgIpc) is 2.48. The Hall–Kier alpha value is -2.14. The first kappa shape index (κ1) is 13.3. The van der Waals surface area contributed by atoms with Crippen molar-refractivity contribution in [3.05, 3.63) is 48.0 Å². The largest absolute Gasteiger partial charge is 0.497 e. The van der Waals surface area contributed by atoms with E-state index in [2.05, 4.69) is 15.3 Å².